The van der Waals surface area contributed by atoms with Crippen LogP contribution in [0.3, 0.4) is 0 Å². The van der Waals surface area contributed by atoms with Crippen molar-refractivity contribution in [2.45, 2.75) is 57.2 Å². The van der Waals surface area contributed by atoms with Gasteiger partial charge in [0.2, 0.25) is 0 Å². The number of aromatic nitrogens is 1. The van der Waals surface area contributed by atoms with E-state index < -0.39 is 0 Å². The van der Waals surface area contributed by atoms with Crippen molar-refractivity contribution in [3.63, 3.8) is 0 Å². The van der Waals surface area contributed by atoms with Gasteiger partial charge in [-0.1, -0.05) is 6.07 Å². The minimum absolute atomic E-state index is 0.0792. The summed E-state index contributed by atoms with van der Waals surface area (Å²) in [4.78, 5) is 29.8. The summed E-state index contributed by atoms with van der Waals surface area (Å²) in [6.07, 6.45) is 5.42. The van der Waals surface area contributed by atoms with Crippen molar-refractivity contribution >= 4 is 45.3 Å². The molecule has 3 aliphatic rings. The summed E-state index contributed by atoms with van der Waals surface area (Å²) in [5, 5.41) is 14.7. The molecule has 2 aromatic heterocycles. The van der Waals surface area contributed by atoms with Gasteiger partial charge in [-0.25, -0.2) is 4.98 Å². The van der Waals surface area contributed by atoms with Gasteiger partial charge in [0.1, 0.15) is 9.71 Å². The molecule has 1 aromatic carbocycles. The zero-order chi connectivity index (χ0) is 24.5. The van der Waals surface area contributed by atoms with Crippen molar-refractivity contribution in [2.75, 3.05) is 23.7 Å². The molecule has 2 bridgehead atoms. The van der Waals surface area contributed by atoms with Gasteiger partial charge in [0, 0.05) is 48.0 Å². The number of carbonyl (C=O) groups excluding carboxylic acids is 1. The van der Waals surface area contributed by atoms with Gasteiger partial charge in [0.15, 0.2) is 0 Å². The minimum atomic E-state index is -0.250. The Morgan fingerprint density at radius 1 is 1.20 bits per heavy atom. The third kappa shape index (κ3) is 4.83. The summed E-state index contributed by atoms with van der Waals surface area (Å²) in [5.74, 6) is -0.0792. The van der Waals surface area contributed by atoms with E-state index in [1.165, 1.54) is 41.0 Å². The summed E-state index contributed by atoms with van der Waals surface area (Å²) in [6.45, 7) is 3.92. The lowest BCUT2D eigenvalue weighted by Gasteiger charge is -2.35. The quantitative estimate of drug-likeness (QED) is 0.414. The number of piperazine rings is 1. The van der Waals surface area contributed by atoms with E-state index in [4.69, 9.17) is 15.6 Å². The number of nitrogens with one attached hydrogen (secondary N) is 2. The SMILES string of the molecule is Cc1ccc2c(N)c(C(=O)NC3CCc4cc(N5CC6CCC(C5)N6)ccc4C3)sc2n1.O=CO. The van der Waals surface area contributed by atoms with E-state index >= 15 is 0 Å². The van der Waals surface area contributed by atoms with Crippen LogP contribution in [-0.2, 0) is 17.6 Å². The van der Waals surface area contributed by atoms with Crippen LogP contribution in [0.5, 0.6) is 0 Å². The van der Waals surface area contributed by atoms with E-state index in [1.54, 1.807) is 0 Å². The van der Waals surface area contributed by atoms with Gasteiger partial charge in [0.25, 0.3) is 12.4 Å². The molecule has 2 saturated heterocycles. The van der Waals surface area contributed by atoms with E-state index in [9.17, 15) is 4.79 Å². The Morgan fingerprint density at radius 2 is 1.94 bits per heavy atom. The standard InChI is InChI=1S/C25H29N5OS.CH2O2/c1-14-2-9-21-22(26)23(32-25(21)27-14)24(31)29-17-5-3-16-11-20(8-4-15(16)10-17)30-12-18-6-7-19(13-30)28-18;2-1-3/h2,4,8-9,11,17-19,28H,3,5-7,10,12-13,26H2,1H3,(H,29,31);1H,(H,2,3). The number of hydrogen-bond acceptors (Lipinski definition) is 7. The first-order chi connectivity index (χ1) is 16.9. The van der Waals surface area contributed by atoms with Gasteiger partial charge >= 0.3 is 0 Å². The highest BCUT2D eigenvalue weighted by Gasteiger charge is 2.32. The number of fused-ring (bicyclic) bond motifs is 4. The predicted molar refractivity (Wildman–Crippen MR) is 139 cm³/mol. The fourth-order valence-corrected chi connectivity index (χ4v) is 6.62. The molecule has 5 N–H and O–H groups in total. The van der Waals surface area contributed by atoms with E-state index in [0.29, 0.717) is 22.6 Å². The molecule has 35 heavy (non-hydrogen) atoms. The first-order valence-electron chi connectivity index (χ1n) is 12.1. The van der Waals surface area contributed by atoms with Crippen LogP contribution in [0.1, 0.15) is 45.8 Å². The number of carboxylic acid groups (broad SMARTS) is 1. The van der Waals surface area contributed by atoms with Crippen molar-refractivity contribution < 1.29 is 14.7 Å². The molecular weight excluding hydrogens is 462 g/mol. The maximum absolute atomic E-state index is 13.0. The molecule has 3 atom stereocenters. The Balaban J connectivity index is 0.000000806. The van der Waals surface area contributed by atoms with Crippen molar-refractivity contribution in [2.24, 2.45) is 0 Å². The average Bonchev–Trinajstić information content (AvgIpc) is 3.36. The van der Waals surface area contributed by atoms with E-state index in [2.05, 4.69) is 38.7 Å². The highest BCUT2D eigenvalue weighted by molar-refractivity contribution is 7.21. The van der Waals surface area contributed by atoms with E-state index in [1.807, 2.05) is 19.1 Å². The molecule has 2 fully saturated rings. The van der Waals surface area contributed by atoms with Crippen molar-refractivity contribution in [3.05, 3.63) is 52.0 Å². The summed E-state index contributed by atoms with van der Waals surface area (Å²) in [6, 6.07) is 12.2. The average molecular weight is 494 g/mol. The number of amides is 1. The largest absolute Gasteiger partial charge is 0.483 e. The molecule has 1 amide bonds. The highest BCUT2D eigenvalue weighted by Crippen LogP contribution is 2.33. The van der Waals surface area contributed by atoms with Crippen molar-refractivity contribution in [1.29, 1.82) is 0 Å². The number of hydrogen-bond donors (Lipinski definition) is 4. The molecule has 3 unspecified atom stereocenters. The number of benzene rings is 1. The molecule has 9 heteroatoms. The third-order valence-electron chi connectivity index (χ3n) is 7.27. The Hall–Kier alpha value is -3.17. The van der Waals surface area contributed by atoms with Crippen LogP contribution in [0.25, 0.3) is 10.2 Å². The summed E-state index contributed by atoms with van der Waals surface area (Å²) in [7, 11) is 0. The normalized spacial score (nSPS) is 22.8. The summed E-state index contributed by atoms with van der Waals surface area (Å²) in [5.41, 5.74) is 11.9. The predicted octanol–water partition coefficient (Wildman–Crippen LogP) is 3.12. The second kappa shape index (κ2) is 9.83. The number of rotatable bonds is 3. The highest BCUT2D eigenvalue weighted by atomic mass is 32.1. The Bertz CT molecular complexity index is 1250. The Kier molecular flexibility index (Phi) is 6.62. The van der Waals surface area contributed by atoms with Crippen LogP contribution in [0, 0.1) is 6.92 Å². The van der Waals surface area contributed by atoms with Gasteiger partial charge < -0.3 is 26.4 Å². The number of carbonyl (C=O) groups is 2. The lowest BCUT2D eigenvalue weighted by molar-refractivity contribution is -0.122. The van der Waals surface area contributed by atoms with Gasteiger partial charge in [0.05, 0.1) is 5.69 Å². The van der Waals surface area contributed by atoms with E-state index in [0.717, 1.165) is 48.3 Å². The lowest BCUT2D eigenvalue weighted by Crippen LogP contribution is -2.51. The molecule has 3 aromatic rings. The van der Waals surface area contributed by atoms with Crippen LogP contribution in [-0.4, -0.2) is 53.7 Å². The Labute approximate surface area is 208 Å². The van der Waals surface area contributed by atoms with Crippen LogP contribution in [0.4, 0.5) is 11.4 Å². The maximum Gasteiger partial charge on any atom is 0.290 e. The third-order valence-corrected chi connectivity index (χ3v) is 8.39. The molecular formula is C26H31N5O3S. The van der Waals surface area contributed by atoms with Gasteiger partial charge in [-0.3, -0.25) is 9.59 Å². The van der Waals surface area contributed by atoms with Crippen LogP contribution < -0.4 is 21.3 Å². The Morgan fingerprint density at radius 3 is 2.69 bits per heavy atom. The van der Waals surface area contributed by atoms with Gasteiger partial charge in [-0.15, -0.1) is 11.3 Å². The van der Waals surface area contributed by atoms with Crippen molar-refractivity contribution in [1.82, 2.24) is 15.6 Å². The second-order valence-corrected chi connectivity index (χ2v) is 10.7. The topological polar surface area (TPSA) is 121 Å². The number of nitrogen functional groups attached to an aromatic ring is 1. The monoisotopic (exact) mass is 493 g/mol. The number of pyridine rings is 1. The molecule has 2 aliphatic heterocycles. The van der Waals surface area contributed by atoms with Crippen LogP contribution in [0.15, 0.2) is 30.3 Å². The van der Waals surface area contributed by atoms with Gasteiger partial charge in [-0.05, 0) is 74.4 Å². The zero-order valence-electron chi connectivity index (χ0n) is 19.8. The molecule has 1 aliphatic carbocycles. The molecule has 184 valence electrons. The number of nitrogens with two attached hydrogens (primary N) is 1. The van der Waals surface area contributed by atoms with Crippen LogP contribution >= 0.6 is 11.3 Å². The fraction of sp³-hybridized carbons (Fsp3) is 0.423. The number of nitrogens with zero attached hydrogens (tertiary/aromatic N) is 2. The maximum atomic E-state index is 13.0. The minimum Gasteiger partial charge on any atom is -0.483 e. The molecule has 0 saturated carbocycles. The summed E-state index contributed by atoms with van der Waals surface area (Å²) < 4.78 is 0. The van der Waals surface area contributed by atoms with E-state index in [-0.39, 0.29) is 18.4 Å². The number of anilines is 2. The van der Waals surface area contributed by atoms with Gasteiger partial charge in [-0.2, -0.15) is 0 Å². The first-order valence-corrected chi connectivity index (χ1v) is 12.9. The molecule has 0 radical (unpaired) electrons. The fourth-order valence-electron chi connectivity index (χ4n) is 5.58. The van der Waals surface area contributed by atoms with Crippen LogP contribution in [0.2, 0.25) is 0 Å². The summed E-state index contributed by atoms with van der Waals surface area (Å²) >= 11 is 1.38. The molecule has 8 nitrogen and oxygen atoms in total. The second-order valence-electron chi connectivity index (χ2n) is 9.66. The number of aryl methyl sites for hydroxylation is 2. The zero-order valence-corrected chi connectivity index (χ0v) is 20.6. The number of thiophene rings is 1. The molecule has 4 heterocycles. The molecule has 0 spiro atoms. The first kappa shape index (κ1) is 23.6. The lowest BCUT2D eigenvalue weighted by atomic mass is 9.87. The van der Waals surface area contributed by atoms with Crippen molar-refractivity contribution in [3.8, 4) is 0 Å². The molecule has 6 rings (SSSR count). The smallest absolute Gasteiger partial charge is 0.290 e.